The number of hydrogen-bond donors (Lipinski definition) is 1. The van der Waals surface area contributed by atoms with Gasteiger partial charge in [0.05, 0.1) is 18.2 Å². The predicted octanol–water partition coefficient (Wildman–Crippen LogP) is 4.01. The minimum atomic E-state index is -0.306. The highest BCUT2D eigenvalue weighted by Gasteiger charge is 2.15. The average molecular weight is 405 g/mol. The van der Waals surface area contributed by atoms with Gasteiger partial charge in [-0.2, -0.15) is 5.26 Å². The topological polar surface area (TPSA) is 80.6 Å². The molecule has 0 aliphatic carbocycles. The van der Waals surface area contributed by atoms with E-state index in [2.05, 4.69) is 21.2 Å². The molecule has 2 aromatic carbocycles. The van der Waals surface area contributed by atoms with Crippen LogP contribution in [0.5, 0.6) is 17.2 Å². The Balaban J connectivity index is 2.21. The number of nitriles is 1. The normalized spacial score (nSPS) is 9.84. The van der Waals surface area contributed by atoms with Gasteiger partial charge in [0.2, 0.25) is 0 Å². The van der Waals surface area contributed by atoms with Crippen LogP contribution < -0.4 is 19.5 Å². The number of halogens is 1. The third-order valence-corrected chi connectivity index (χ3v) is 3.76. The van der Waals surface area contributed by atoms with Crippen molar-refractivity contribution in [2.45, 2.75) is 6.92 Å². The maximum absolute atomic E-state index is 12.5. The average Bonchev–Trinajstić information content (AvgIpc) is 2.61. The number of rotatable bonds is 7. The summed E-state index contributed by atoms with van der Waals surface area (Å²) in [7, 11) is 1.52. The molecule has 0 saturated carbocycles. The first-order valence-electron chi connectivity index (χ1n) is 7.50. The van der Waals surface area contributed by atoms with Crippen LogP contribution in [-0.4, -0.2) is 26.2 Å². The quantitative estimate of drug-likeness (QED) is 0.753. The molecule has 0 unspecified atom stereocenters. The van der Waals surface area contributed by atoms with Crippen LogP contribution in [0.3, 0.4) is 0 Å². The van der Waals surface area contributed by atoms with E-state index >= 15 is 0 Å². The Labute approximate surface area is 154 Å². The van der Waals surface area contributed by atoms with Crippen molar-refractivity contribution < 1.29 is 19.0 Å². The summed E-state index contributed by atoms with van der Waals surface area (Å²) in [5.41, 5.74) is 0.972. The van der Waals surface area contributed by atoms with Crippen molar-refractivity contribution in [1.29, 1.82) is 5.26 Å². The fourth-order valence-electron chi connectivity index (χ4n) is 2.12. The summed E-state index contributed by atoms with van der Waals surface area (Å²) in [5, 5.41) is 11.3. The lowest BCUT2D eigenvalue weighted by Crippen LogP contribution is -2.12. The third kappa shape index (κ3) is 4.88. The highest BCUT2D eigenvalue weighted by atomic mass is 79.9. The van der Waals surface area contributed by atoms with Crippen LogP contribution in [-0.2, 0) is 0 Å². The highest BCUT2D eigenvalue weighted by Crippen LogP contribution is 2.36. The summed E-state index contributed by atoms with van der Waals surface area (Å²) in [4.78, 5) is 12.5. The molecule has 0 aliphatic heterocycles. The Kier molecular flexibility index (Phi) is 6.66. The molecule has 25 heavy (non-hydrogen) atoms. The maximum atomic E-state index is 12.5. The predicted molar refractivity (Wildman–Crippen MR) is 97.4 cm³/mol. The molecule has 0 aromatic heterocycles. The standard InChI is InChI=1S/C18H17BrN2O4/c1-3-24-17-15(19)9-12(10-16(17)23-2)18(22)21-13-5-4-6-14(11-13)25-8-7-20/h4-6,9-11H,3,8H2,1-2H3,(H,21,22). The second-order valence-corrected chi connectivity index (χ2v) is 5.71. The number of ether oxygens (including phenoxy) is 3. The Morgan fingerprint density at radius 3 is 2.76 bits per heavy atom. The van der Waals surface area contributed by atoms with Crippen LogP contribution in [0.4, 0.5) is 5.69 Å². The van der Waals surface area contributed by atoms with Crippen LogP contribution in [0.15, 0.2) is 40.9 Å². The van der Waals surface area contributed by atoms with E-state index in [9.17, 15) is 4.79 Å². The zero-order chi connectivity index (χ0) is 18.2. The second kappa shape index (κ2) is 8.94. The Bertz CT molecular complexity index is 802. The summed E-state index contributed by atoms with van der Waals surface area (Å²) in [5.74, 6) is 1.21. The number of nitrogens with zero attached hydrogens (tertiary/aromatic N) is 1. The van der Waals surface area contributed by atoms with Crippen molar-refractivity contribution in [2.24, 2.45) is 0 Å². The fourth-order valence-corrected chi connectivity index (χ4v) is 2.67. The van der Waals surface area contributed by atoms with Crippen LogP contribution in [0.25, 0.3) is 0 Å². The van der Waals surface area contributed by atoms with Gasteiger partial charge in [-0.1, -0.05) is 6.07 Å². The van der Waals surface area contributed by atoms with Gasteiger partial charge in [-0.25, -0.2) is 0 Å². The van der Waals surface area contributed by atoms with E-state index in [1.165, 1.54) is 7.11 Å². The monoisotopic (exact) mass is 404 g/mol. The Morgan fingerprint density at radius 2 is 2.08 bits per heavy atom. The Morgan fingerprint density at radius 1 is 1.28 bits per heavy atom. The third-order valence-electron chi connectivity index (χ3n) is 3.18. The molecule has 1 N–H and O–H groups in total. The minimum Gasteiger partial charge on any atom is -0.493 e. The molecule has 2 aromatic rings. The molecule has 2 rings (SSSR count). The van der Waals surface area contributed by atoms with Crippen molar-refractivity contribution in [1.82, 2.24) is 0 Å². The zero-order valence-corrected chi connectivity index (χ0v) is 15.4. The van der Waals surface area contributed by atoms with Gasteiger partial charge in [0.1, 0.15) is 11.8 Å². The first-order valence-corrected chi connectivity index (χ1v) is 8.29. The number of carbonyl (C=O) groups excluding carboxylic acids is 1. The van der Waals surface area contributed by atoms with Gasteiger partial charge in [-0.05, 0) is 47.1 Å². The number of methoxy groups -OCH3 is 1. The molecular formula is C18H17BrN2O4. The van der Waals surface area contributed by atoms with E-state index in [1.54, 1.807) is 36.4 Å². The molecule has 130 valence electrons. The Hall–Kier alpha value is -2.72. The second-order valence-electron chi connectivity index (χ2n) is 4.85. The maximum Gasteiger partial charge on any atom is 0.255 e. The molecule has 0 aliphatic rings. The number of carbonyl (C=O) groups is 1. The molecule has 0 saturated heterocycles. The number of benzene rings is 2. The van der Waals surface area contributed by atoms with Gasteiger partial charge in [-0.3, -0.25) is 4.79 Å². The molecule has 0 bridgehead atoms. The first kappa shape index (κ1) is 18.6. The molecule has 0 radical (unpaired) electrons. The van der Waals surface area contributed by atoms with Crippen LogP contribution in [0.1, 0.15) is 17.3 Å². The van der Waals surface area contributed by atoms with E-state index in [0.29, 0.717) is 39.6 Å². The SMILES string of the molecule is CCOc1c(Br)cc(C(=O)Nc2cccc(OCC#N)c2)cc1OC. The van der Waals surface area contributed by atoms with Gasteiger partial charge in [0, 0.05) is 17.3 Å². The molecule has 0 spiro atoms. The molecule has 1 amide bonds. The van der Waals surface area contributed by atoms with E-state index in [4.69, 9.17) is 19.5 Å². The van der Waals surface area contributed by atoms with Crippen LogP contribution >= 0.6 is 15.9 Å². The van der Waals surface area contributed by atoms with Gasteiger partial charge in [0.15, 0.2) is 18.1 Å². The lowest BCUT2D eigenvalue weighted by Gasteiger charge is -2.13. The highest BCUT2D eigenvalue weighted by molar-refractivity contribution is 9.10. The molecule has 7 heteroatoms. The molecule has 0 heterocycles. The van der Waals surface area contributed by atoms with E-state index in [-0.39, 0.29) is 12.5 Å². The first-order chi connectivity index (χ1) is 12.1. The zero-order valence-electron chi connectivity index (χ0n) is 13.8. The van der Waals surface area contributed by atoms with Crippen molar-refractivity contribution >= 4 is 27.5 Å². The fraction of sp³-hybridized carbons (Fsp3) is 0.222. The van der Waals surface area contributed by atoms with Gasteiger partial charge in [-0.15, -0.1) is 0 Å². The van der Waals surface area contributed by atoms with Crippen LogP contribution in [0.2, 0.25) is 0 Å². The largest absolute Gasteiger partial charge is 0.493 e. The molecule has 0 atom stereocenters. The number of anilines is 1. The lowest BCUT2D eigenvalue weighted by atomic mass is 10.1. The van der Waals surface area contributed by atoms with E-state index in [0.717, 1.165) is 0 Å². The van der Waals surface area contributed by atoms with Gasteiger partial charge >= 0.3 is 0 Å². The smallest absolute Gasteiger partial charge is 0.255 e. The number of hydrogen-bond acceptors (Lipinski definition) is 5. The molecular weight excluding hydrogens is 388 g/mol. The lowest BCUT2D eigenvalue weighted by molar-refractivity contribution is 0.102. The van der Waals surface area contributed by atoms with Crippen molar-refractivity contribution in [3.63, 3.8) is 0 Å². The summed E-state index contributed by atoms with van der Waals surface area (Å²) in [6.07, 6.45) is 0. The summed E-state index contributed by atoms with van der Waals surface area (Å²) in [6.45, 7) is 2.30. The van der Waals surface area contributed by atoms with E-state index in [1.807, 2.05) is 13.0 Å². The summed E-state index contributed by atoms with van der Waals surface area (Å²) < 4.78 is 16.7. The van der Waals surface area contributed by atoms with Gasteiger partial charge in [0.25, 0.3) is 5.91 Å². The number of nitrogens with one attached hydrogen (secondary N) is 1. The van der Waals surface area contributed by atoms with Crippen molar-refractivity contribution in [2.75, 3.05) is 25.6 Å². The summed E-state index contributed by atoms with van der Waals surface area (Å²) >= 11 is 3.40. The molecule has 0 fully saturated rings. The van der Waals surface area contributed by atoms with Crippen molar-refractivity contribution in [3.8, 4) is 23.3 Å². The van der Waals surface area contributed by atoms with Crippen molar-refractivity contribution in [3.05, 3.63) is 46.4 Å². The van der Waals surface area contributed by atoms with Gasteiger partial charge < -0.3 is 19.5 Å². The van der Waals surface area contributed by atoms with E-state index < -0.39 is 0 Å². The van der Waals surface area contributed by atoms with Crippen LogP contribution in [0, 0.1) is 11.3 Å². The number of amides is 1. The summed E-state index contributed by atoms with van der Waals surface area (Å²) in [6, 6.07) is 12.0. The molecule has 6 nitrogen and oxygen atoms in total. The minimum absolute atomic E-state index is 0.0551.